The smallest absolute Gasteiger partial charge is 0.160 e. The molecule has 0 saturated carbocycles. The van der Waals surface area contributed by atoms with Crippen LogP contribution in [0.25, 0.3) is 103 Å². The van der Waals surface area contributed by atoms with E-state index in [9.17, 15) is 0 Å². The van der Waals surface area contributed by atoms with Crippen molar-refractivity contribution in [2.45, 2.75) is 0 Å². The van der Waals surface area contributed by atoms with Crippen LogP contribution in [0.2, 0.25) is 0 Å². The Hall–Kier alpha value is -6.36. The Balaban J connectivity index is 1.14. The summed E-state index contributed by atoms with van der Waals surface area (Å²) in [5.41, 5.74) is 7.41. The lowest BCUT2D eigenvalue weighted by Crippen LogP contribution is -1.98. The van der Waals surface area contributed by atoms with Crippen molar-refractivity contribution >= 4 is 85.8 Å². The first-order valence-electron chi connectivity index (χ1n) is 16.9. The van der Waals surface area contributed by atoms with Crippen LogP contribution in [0.5, 0.6) is 0 Å². The maximum absolute atomic E-state index is 5.32. The molecule has 50 heavy (non-hydrogen) atoms. The van der Waals surface area contributed by atoms with E-state index >= 15 is 0 Å². The standard InChI is InChI=1S/C46H27N3S/c1-3-14-33-28(10-1)21-24-39-43(33)44-34-15-4-2-11-29(34)22-25-40(44)49(39)32-13-9-12-31(26-32)46-47-38-18-7-5-17-37(38)45(48-46)30-20-23-36-35-16-6-8-19-41(35)50-42(36)27-30/h1-27H. The van der Waals surface area contributed by atoms with Gasteiger partial charge in [-0.25, -0.2) is 9.97 Å². The van der Waals surface area contributed by atoms with Gasteiger partial charge in [0.25, 0.3) is 0 Å². The molecule has 0 amide bonds. The zero-order valence-corrected chi connectivity index (χ0v) is 27.7. The Kier molecular flexibility index (Phi) is 5.83. The van der Waals surface area contributed by atoms with Crippen LogP contribution in [0.3, 0.4) is 0 Å². The molecule has 0 spiro atoms. The molecule has 0 saturated heterocycles. The van der Waals surface area contributed by atoms with E-state index in [1.54, 1.807) is 0 Å². The SMILES string of the molecule is c1cc(-c2nc(-c3ccc4c(c3)sc3ccccc34)c3ccccc3n2)cc(-n2c3ccc4ccccc4c3c3c4ccccc4ccc32)c1. The summed E-state index contributed by atoms with van der Waals surface area (Å²) in [6.45, 7) is 0. The molecule has 4 heteroatoms. The monoisotopic (exact) mass is 653 g/mol. The van der Waals surface area contributed by atoms with E-state index in [1.807, 2.05) is 11.3 Å². The van der Waals surface area contributed by atoms with E-state index < -0.39 is 0 Å². The summed E-state index contributed by atoms with van der Waals surface area (Å²) >= 11 is 1.83. The maximum Gasteiger partial charge on any atom is 0.160 e. The molecule has 0 aliphatic rings. The summed E-state index contributed by atoms with van der Waals surface area (Å²) in [6, 6.07) is 58.9. The molecule has 0 atom stereocenters. The lowest BCUT2D eigenvalue weighted by molar-refractivity contribution is 1.17. The highest BCUT2D eigenvalue weighted by molar-refractivity contribution is 7.25. The number of aromatic nitrogens is 3. The maximum atomic E-state index is 5.32. The van der Waals surface area contributed by atoms with Gasteiger partial charge in [0.15, 0.2) is 5.82 Å². The van der Waals surface area contributed by atoms with E-state index in [4.69, 9.17) is 9.97 Å². The topological polar surface area (TPSA) is 30.7 Å². The molecule has 3 aromatic heterocycles. The van der Waals surface area contributed by atoms with Gasteiger partial charge in [0.2, 0.25) is 0 Å². The number of fused-ring (bicyclic) bond motifs is 11. The molecule has 0 radical (unpaired) electrons. The third-order valence-electron chi connectivity index (χ3n) is 10.2. The zero-order valence-electron chi connectivity index (χ0n) is 26.8. The minimum Gasteiger partial charge on any atom is -0.309 e. The van der Waals surface area contributed by atoms with Crippen molar-refractivity contribution < 1.29 is 0 Å². The normalized spacial score (nSPS) is 12.0. The molecule has 3 nitrogen and oxygen atoms in total. The zero-order chi connectivity index (χ0) is 32.8. The molecule has 0 unspecified atom stereocenters. The van der Waals surface area contributed by atoms with E-state index in [1.165, 1.54) is 63.5 Å². The predicted octanol–water partition coefficient (Wildman–Crippen LogP) is 12.7. The lowest BCUT2D eigenvalue weighted by Gasteiger charge is -2.12. The van der Waals surface area contributed by atoms with E-state index in [-0.39, 0.29) is 0 Å². The number of hydrogen-bond donors (Lipinski definition) is 0. The van der Waals surface area contributed by atoms with Gasteiger partial charge in [0.05, 0.1) is 22.2 Å². The minimum atomic E-state index is 0.716. The third kappa shape index (κ3) is 4.03. The largest absolute Gasteiger partial charge is 0.309 e. The molecule has 0 aliphatic carbocycles. The molecule has 11 aromatic rings. The average Bonchev–Trinajstić information content (AvgIpc) is 3.73. The lowest BCUT2D eigenvalue weighted by atomic mass is 10.00. The van der Waals surface area contributed by atoms with Crippen LogP contribution in [0.1, 0.15) is 0 Å². The van der Waals surface area contributed by atoms with Crippen molar-refractivity contribution in [3.8, 4) is 28.3 Å². The van der Waals surface area contributed by atoms with Crippen molar-refractivity contribution in [3.05, 3.63) is 164 Å². The highest BCUT2D eigenvalue weighted by Crippen LogP contribution is 2.41. The molecular weight excluding hydrogens is 627 g/mol. The van der Waals surface area contributed by atoms with Crippen molar-refractivity contribution in [2.75, 3.05) is 0 Å². The van der Waals surface area contributed by atoms with Crippen LogP contribution >= 0.6 is 11.3 Å². The fourth-order valence-corrected chi connectivity index (χ4v) is 9.05. The number of hydrogen-bond acceptors (Lipinski definition) is 3. The number of rotatable bonds is 3. The summed E-state index contributed by atoms with van der Waals surface area (Å²) in [6.07, 6.45) is 0. The van der Waals surface area contributed by atoms with E-state index in [0.29, 0.717) is 5.82 Å². The van der Waals surface area contributed by atoms with Gasteiger partial charge in [-0.2, -0.15) is 0 Å². The van der Waals surface area contributed by atoms with Gasteiger partial charge in [0, 0.05) is 53.1 Å². The summed E-state index contributed by atoms with van der Waals surface area (Å²) < 4.78 is 4.97. The number of thiophene rings is 1. The Morgan fingerprint density at radius 2 is 1.06 bits per heavy atom. The Morgan fingerprint density at radius 1 is 0.420 bits per heavy atom. The molecule has 11 rings (SSSR count). The second kappa shape index (κ2) is 10.6. The highest BCUT2D eigenvalue weighted by atomic mass is 32.1. The molecule has 0 aliphatic heterocycles. The van der Waals surface area contributed by atoms with E-state index in [2.05, 4.69) is 168 Å². The Bertz CT molecular complexity index is 3070. The van der Waals surface area contributed by atoms with Crippen molar-refractivity contribution in [1.82, 2.24) is 14.5 Å². The second-order valence-electron chi connectivity index (χ2n) is 13.0. The van der Waals surface area contributed by atoms with Gasteiger partial charge in [-0.1, -0.05) is 121 Å². The molecule has 0 fully saturated rings. The van der Waals surface area contributed by atoms with Crippen LogP contribution in [-0.4, -0.2) is 14.5 Å². The summed E-state index contributed by atoms with van der Waals surface area (Å²) in [5.74, 6) is 0.716. The van der Waals surface area contributed by atoms with Gasteiger partial charge >= 0.3 is 0 Å². The van der Waals surface area contributed by atoms with Crippen LogP contribution in [0, 0.1) is 0 Å². The molecular formula is C46H27N3S. The summed E-state index contributed by atoms with van der Waals surface area (Å²) in [5, 5.41) is 11.2. The fraction of sp³-hybridized carbons (Fsp3) is 0. The Labute approximate surface area is 291 Å². The van der Waals surface area contributed by atoms with Gasteiger partial charge in [0.1, 0.15) is 0 Å². The number of nitrogens with zero attached hydrogens (tertiary/aromatic N) is 3. The molecule has 0 bridgehead atoms. The number of para-hydroxylation sites is 1. The van der Waals surface area contributed by atoms with Gasteiger partial charge in [-0.15, -0.1) is 11.3 Å². The van der Waals surface area contributed by atoms with Crippen LogP contribution in [0.15, 0.2) is 164 Å². The minimum absolute atomic E-state index is 0.716. The third-order valence-corrected chi connectivity index (χ3v) is 11.3. The quantitative estimate of drug-likeness (QED) is 0.190. The van der Waals surface area contributed by atoms with Crippen molar-refractivity contribution in [2.24, 2.45) is 0 Å². The van der Waals surface area contributed by atoms with Crippen molar-refractivity contribution in [3.63, 3.8) is 0 Å². The molecule has 8 aromatic carbocycles. The number of benzene rings is 8. The Morgan fingerprint density at radius 3 is 1.82 bits per heavy atom. The van der Waals surface area contributed by atoms with Gasteiger partial charge in [-0.3, -0.25) is 0 Å². The first-order chi connectivity index (χ1) is 24.8. The highest BCUT2D eigenvalue weighted by Gasteiger charge is 2.19. The predicted molar refractivity (Wildman–Crippen MR) is 213 cm³/mol. The van der Waals surface area contributed by atoms with E-state index in [0.717, 1.165) is 33.4 Å². The van der Waals surface area contributed by atoms with Crippen molar-refractivity contribution in [1.29, 1.82) is 0 Å². The summed E-state index contributed by atoms with van der Waals surface area (Å²) in [7, 11) is 0. The van der Waals surface area contributed by atoms with Gasteiger partial charge in [-0.05, 0) is 64.0 Å². The summed E-state index contributed by atoms with van der Waals surface area (Å²) in [4.78, 5) is 10.5. The first-order valence-corrected chi connectivity index (χ1v) is 17.7. The first kappa shape index (κ1) is 27.6. The average molecular weight is 654 g/mol. The molecule has 232 valence electrons. The second-order valence-corrected chi connectivity index (χ2v) is 14.1. The molecule has 3 heterocycles. The molecule has 0 N–H and O–H groups in total. The van der Waals surface area contributed by atoms with Gasteiger partial charge < -0.3 is 4.57 Å². The fourth-order valence-electron chi connectivity index (χ4n) is 7.91. The van der Waals surface area contributed by atoms with Crippen LogP contribution in [-0.2, 0) is 0 Å². The van der Waals surface area contributed by atoms with Crippen LogP contribution < -0.4 is 0 Å². The van der Waals surface area contributed by atoms with Crippen LogP contribution in [0.4, 0.5) is 0 Å².